The van der Waals surface area contributed by atoms with Crippen molar-refractivity contribution < 1.29 is 9.53 Å². The molecule has 0 aliphatic rings. The maximum Gasteiger partial charge on any atom is 0.338 e. The summed E-state index contributed by atoms with van der Waals surface area (Å²) in [6.45, 7) is 4.84. The number of anilines is 2. The summed E-state index contributed by atoms with van der Waals surface area (Å²) in [5, 5.41) is 3.25. The monoisotopic (exact) mass is 284 g/mol. The van der Waals surface area contributed by atoms with Crippen LogP contribution in [0.4, 0.5) is 11.4 Å². The maximum absolute atomic E-state index is 11.7. The van der Waals surface area contributed by atoms with Crippen molar-refractivity contribution in [3.05, 3.63) is 59.2 Å². The molecule has 0 aromatic heterocycles. The molecule has 110 valence electrons. The minimum atomic E-state index is -0.337. The maximum atomic E-state index is 11.7. The van der Waals surface area contributed by atoms with Crippen LogP contribution in [0.3, 0.4) is 0 Å². The molecule has 0 bridgehead atoms. The lowest BCUT2D eigenvalue weighted by atomic mass is 10.1. The van der Waals surface area contributed by atoms with Crippen LogP contribution >= 0.6 is 0 Å². The van der Waals surface area contributed by atoms with E-state index in [-0.39, 0.29) is 5.97 Å². The number of nitrogens with one attached hydrogen (secondary N) is 1. The second-order valence-corrected chi connectivity index (χ2v) is 4.86. The number of carbonyl (C=O) groups is 1. The Morgan fingerprint density at radius 1 is 1.19 bits per heavy atom. The summed E-state index contributed by atoms with van der Waals surface area (Å²) in [6.07, 6.45) is 0. The Balaban J connectivity index is 2.10. The molecule has 0 spiro atoms. The first-order valence-electron chi connectivity index (χ1n) is 6.96. The fourth-order valence-electron chi connectivity index (χ4n) is 1.95. The van der Waals surface area contributed by atoms with E-state index in [1.165, 1.54) is 5.56 Å². The van der Waals surface area contributed by atoms with Crippen LogP contribution in [0.15, 0.2) is 42.5 Å². The zero-order valence-electron chi connectivity index (χ0n) is 12.3. The highest BCUT2D eigenvalue weighted by Gasteiger charge is 2.09. The first-order chi connectivity index (χ1) is 10.1. The van der Waals surface area contributed by atoms with Crippen LogP contribution in [0, 0.1) is 6.92 Å². The van der Waals surface area contributed by atoms with Crippen LogP contribution in [0.25, 0.3) is 0 Å². The lowest BCUT2D eigenvalue weighted by Crippen LogP contribution is -2.07. The fourth-order valence-corrected chi connectivity index (χ4v) is 1.95. The van der Waals surface area contributed by atoms with Crippen molar-refractivity contribution in [2.75, 3.05) is 17.7 Å². The number of rotatable bonds is 5. The average molecular weight is 284 g/mol. The molecule has 4 nitrogen and oxygen atoms in total. The standard InChI is InChI=1S/C17H20N2O2/c1-3-21-17(20)14-8-9-15(18)16(10-14)19-11-13-6-4-12(2)5-7-13/h4-10,19H,3,11,18H2,1-2H3. The van der Waals surface area contributed by atoms with E-state index in [9.17, 15) is 4.79 Å². The SMILES string of the molecule is CCOC(=O)c1ccc(N)c(NCc2ccc(C)cc2)c1. The molecule has 2 rings (SSSR count). The first-order valence-corrected chi connectivity index (χ1v) is 6.96. The molecule has 0 saturated heterocycles. The predicted octanol–water partition coefficient (Wildman–Crippen LogP) is 3.37. The number of ether oxygens (including phenoxy) is 1. The second kappa shape index (κ2) is 6.79. The van der Waals surface area contributed by atoms with Gasteiger partial charge in [-0.15, -0.1) is 0 Å². The van der Waals surface area contributed by atoms with Gasteiger partial charge in [0.25, 0.3) is 0 Å². The molecule has 0 atom stereocenters. The van der Waals surface area contributed by atoms with Crippen molar-refractivity contribution in [2.24, 2.45) is 0 Å². The van der Waals surface area contributed by atoms with Crippen molar-refractivity contribution in [2.45, 2.75) is 20.4 Å². The van der Waals surface area contributed by atoms with Gasteiger partial charge in [-0.05, 0) is 37.6 Å². The van der Waals surface area contributed by atoms with Crippen molar-refractivity contribution in [3.63, 3.8) is 0 Å². The zero-order chi connectivity index (χ0) is 15.2. The summed E-state index contributed by atoms with van der Waals surface area (Å²) >= 11 is 0. The van der Waals surface area contributed by atoms with Crippen LogP contribution in [0.5, 0.6) is 0 Å². The van der Waals surface area contributed by atoms with E-state index >= 15 is 0 Å². The summed E-state index contributed by atoms with van der Waals surface area (Å²) in [6, 6.07) is 13.4. The van der Waals surface area contributed by atoms with Gasteiger partial charge in [-0.3, -0.25) is 0 Å². The van der Waals surface area contributed by atoms with Gasteiger partial charge in [0.1, 0.15) is 0 Å². The highest BCUT2D eigenvalue weighted by Crippen LogP contribution is 2.21. The van der Waals surface area contributed by atoms with Crippen LogP contribution in [0.1, 0.15) is 28.4 Å². The summed E-state index contributed by atoms with van der Waals surface area (Å²) in [4.78, 5) is 11.7. The number of hydrogen-bond acceptors (Lipinski definition) is 4. The first kappa shape index (κ1) is 14.9. The minimum absolute atomic E-state index is 0.337. The predicted molar refractivity (Wildman–Crippen MR) is 85.3 cm³/mol. The van der Waals surface area contributed by atoms with Gasteiger partial charge in [0.05, 0.1) is 23.5 Å². The van der Waals surface area contributed by atoms with E-state index in [1.54, 1.807) is 25.1 Å². The number of benzene rings is 2. The summed E-state index contributed by atoms with van der Waals surface area (Å²) in [7, 11) is 0. The summed E-state index contributed by atoms with van der Waals surface area (Å²) in [5.74, 6) is -0.337. The topological polar surface area (TPSA) is 64.3 Å². The number of hydrogen-bond donors (Lipinski definition) is 2. The van der Waals surface area contributed by atoms with E-state index in [0.29, 0.717) is 24.4 Å². The largest absolute Gasteiger partial charge is 0.462 e. The molecule has 3 N–H and O–H groups in total. The van der Waals surface area contributed by atoms with Crippen LogP contribution in [-0.2, 0) is 11.3 Å². The Morgan fingerprint density at radius 3 is 2.57 bits per heavy atom. The van der Waals surface area contributed by atoms with E-state index < -0.39 is 0 Å². The zero-order valence-corrected chi connectivity index (χ0v) is 12.3. The quantitative estimate of drug-likeness (QED) is 0.652. The van der Waals surface area contributed by atoms with Crippen molar-refractivity contribution in [1.29, 1.82) is 0 Å². The van der Waals surface area contributed by atoms with Gasteiger partial charge in [0, 0.05) is 6.54 Å². The van der Waals surface area contributed by atoms with Crippen molar-refractivity contribution in [1.82, 2.24) is 0 Å². The van der Waals surface area contributed by atoms with Gasteiger partial charge in [0.15, 0.2) is 0 Å². The van der Waals surface area contributed by atoms with Crippen LogP contribution in [0.2, 0.25) is 0 Å². The minimum Gasteiger partial charge on any atom is -0.462 e. The fraction of sp³-hybridized carbons (Fsp3) is 0.235. The van der Waals surface area contributed by atoms with Gasteiger partial charge >= 0.3 is 5.97 Å². The average Bonchev–Trinajstić information content (AvgIpc) is 2.48. The Kier molecular flexibility index (Phi) is 4.82. The molecular formula is C17H20N2O2. The van der Waals surface area contributed by atoms with Crippen LogP contribution < -0.4 is 11.1 Å². The van der Waals surface area contributed by atoms with Gasteiger partial charge in [0.2, 0.25) is 0 Å². The third kappa shape index (κ3) is 3.99. The lowest BCUT2D eigenvalue weighted by molar-refractivity contribution is 0.0526. The number of esters is 1. The Labute approximate surface area is 124 Å². The van der Waals surface area contributed by atoms with Crippen molar-refractivity contribution in [3.8, 4) is 0 Å². The van der Waals surface area contributed by atoms with E-state index in [1.807, 2.05) is 0 Å². The van der Waals surface area contributed by atoms with Crippen molar-refractivity contribution >= 4 is 17.3 Å². The molecule has 0 unspecified atom stereocenters. The molecule has 0 radical (unpaired) electrons. The molecular weight excluding hydrogens is 264 g/mol. The molecule has 0 heterocycles. The summed E-state index contributed by atoms with van der Waals surface area (Å²) in [5.41, 5.74) is 10.2. The number of carbonyl (C=O) groups excluding carboxylic acids is 1. The number of nitrogen functional groups attached to an aromatic ring is 1. The number of aryl methyl sites for hydroxylation is 1. The lowest BCUT2D eigenvalue weighted by Gasteiger charge is -2.11. The highest BCUT2D eigenvalue weighted by molar-refractivity contribution is 5.92. The third-order valence-corrected chi connectivity index (χ3v) is 3.17. The molecule has 2 aromatic carbocycles. The van der Waals surface area contributed by atoms with Gasteiger partial charge in [-0.1, -0.05) is 29.8 Å². The van der Waals surface area contributed by atoms with Gasteiger partial charge in [-0.2, -0.15) is 0 Å². The molecule has 0 saturated carbocycles. The molecule has 2 aromatic rings. The molecule has 0 aliphatic heterocycles. The molecule has 21 heavy (non-hydrogen) atoms. The molecule has 0 amide bonds. The van der Waals surface area contributed by atoms with Crippen LogP contribution in [-0.4, -0.2) is 12.6 Å². The second-order valence-electron chi connectivity index (χ2n) is 4.86. The Bertz CT molecular complexity index is 621. The molecule has 0 aliphatic carbocycles. The van der Waals surface area contributed by atoms with E-state index in [4.69, 9.17) is 10.5 Å². The number of nitrogens with two attached hydrogens (primary N) is 1. The Morgan fingerprint density at radius 2 is 1.90 bits per heavy atom. The van der Waals surface area contributed by atoms with Gasteiger partial charge < -0.3 is 15.8 Å². The van der Waals surface area contributed by atoms with Gasteiger partial charge in [-0.25, -0.2) is 4.79 Å². The van der Waals surface area contributed by atoms with E-state index in [2.05, 4.69) is 36.5 Å². The molecule has 4 heteroatoms. The summed E-state index contributed by atoms with van der Waals surface area (Å²) < 4.78 is 4.99. The highest BCUT2D eigenvalue weighted by atomic mass is 16.5. The Hall–Kier alpha value is -2.49. The third-order valence-electron chi connectivity index (χ3n) is 3.17. The molecule has 0 fully saturated rings. The normalized spacial score (nSPS) is 10.2. The smallest absolute Gasteiger partial charge is 0.338 e. The van der Waals surface area contributed by atoms with E-state index in [0.717, 1.165) is 11.3 Å².